The molecule has 0 aliphatic heterocycles. The van der Waals surface area contributed by atoms with Crippen LogP contribution in [0.3, 0.4) is 0 Å². The molecule has 0 spiro atoms. The second kappa shape index (κ2) is 4.30. The molecule has 1 aromatic heterocycles. The van der Waals surface area contributed by atoms with Crippen LogP contribution in [0.25, 0.3) is 0 Å². The summed E-state index contributed by atoms with van der Waals surface area (Å²) in [6.07, 6.45) is -4.73. The van der Waals surface area contributed by atoms with Crippen molar-refractivity contribution in [1.29, 1.82) is 0 Å². The SMILES string of the molecule is N/C(=N\NC(=O)c1cccs1)C(F)(F)F. The number of hydrazone groups is 1. The average Bonchev–Trinajstić information content (AvgIpc) is 2.64. The fourth-order valence-corrected chi connectivity index (χ4v) is 1.25. The number of hydrogen-bond donors (Lipinski definition) is 2. The van der Waals surface area contributed by atoms with Crippen molar-refractivity contribution in [3.63, 3.8) is 0 Å². The summed E-state index contributed by atoms with van der Waals surface area (Å²) >= 11 is 1.09. The molecule has 0 saturated carbocycles. The Morgan fingerprint density at radius 3 is 2.67 bits per heavy atom. The van der Waals surface area contributed by atoms with Crippen LogP contribution in [0.5, 0.6) is 0 Å². The molecule has 0 aromatic carbocycles. The van der Waals surface area contributed by atoms with Crippen molar-refractivity contribution in [2.45, 2.75) is 6.18 Å². The van der Waals surface area contributed by atoms with E-state index in [2.05, 4.69) is 10.8 Å². The molecule has 0 saturated heterocycles. The zero-order chi connectivity index (χ0) is 11.5. The third kappa shape index (κ3) is 3.24. The van der Waals surface area contributed by atoms with Crippen molar-refractivity contribution in [3.05, 3.63) is 22.4 Å². The van der Waals surface area contributed by atoms with Crippen molar-refractivity contribution < 1.29 is 18.0 Å². The van der Waals surface area contributed by atoms with E-state index in [1.165, 1.54) is 6.07 Å². The van der Waals surface area contributed by atoms with E-state index in [1.54, 1.807) is 16.9 Å². The van der Waals surface area contributed by atoms with E-state index in [0.29, 0.717) is 0 Å². The van der Waals surface area contributed by atoms with Gasteiger partial charge >= 0.3 is 6.18 Å². The molecule has 0 fully saturated rings. The molecule has 1 rings (SSSR count). The molecule has 0 radical (unpaired) electrons. The quantitative estimate of drug-likeness (QED) is 0.462. The standard InChI is InChI=1S/C7H6F3N3OS/c8-7(9,10)6(11)13-12-5(14)4-2-1-3-15-4/h1-3H,(H2,11,13)(H,12,14). The summed E-state index contributed by atoms with van der Waals surface area (Å²) in [4.78, 5) is 11.4. The molecule has 15 heavy (non-hydrogen) atoms. The second-order valence-electron chi connectivity index (χ2n) is 2.41. The lowest BCUT2D eigenvalue weighted by molar-refractivity contribution is -0.0602. The van der Waals surface area contributed by atoms with Crippen LogP contribution < -0.4 is 11.2 Å². The Balaban J connectivity index is 2.62. The van der Waals surface area contributed by atoms with Crippen molar-refractivity contribution >= 4 is 23.1 Å². The fourth-order valence-electron chi connectivity index (χ4n) is 0.637. The van der Waals surface area contributed by atoms with Gasteiger partial charge in [0.2, 0.25) is 5.84 Å². The largest absolute Gasteiger partial charge is 0.450 e. The topological polar surface area (TPSA) is 67.5 Å². The number of carbonyl (C=O) groups is 1. The first kappa shape index (κ1) is 11.5. The summed E-state index contributed by atoms with van der Waals surface area (Å²) in [5.41, 5.74) is 6.27. The zero-order valence-corrected chi connectivity index (χ0v) is 8.02. The lowest BCUT2D eigenvalue weighted by atomic mass is 10.4. The van der Waals surface area contributed by atoms with Gasteiger partial charge in [0, 0.05) is 0 Å². The van der Waals surface area contributed by atoms with Gasteiger partial charge in [0.1, 0.15) is 0 Å². The minimum atomic E-state index is -4.73. The van der Waals surface area contributed by atoms with Crippen molar-refractivity contribution in [3.8, 4) is 0 Å². The van der Waals surface area contributed by atoms with Gasteiger partial charge in [-0.05, 0) is 11.4 Å². The lowest BCUT2D eigenvalue weighted by Crippen LogP contribution is -2.34. The van der Waals surface area contributed by atoms with E-state index in [9.17, 15) is 18.0 Å². The highest BCUT2D eigenvalue weighted by atomic mass is 32.1. The number of nitrogens with two attached hydrogens (primary N) is 1. The van der Waals surface area contributed by atoms with Gasteiger partial charge in [-0.2, -0.15) is 13.2 Å². The zero-order valence-electron chi connectivity index (χ0n) is 7.21. The summed E-state index contributed by atoms with van der Waals surface area (Å²) in [7, 11) is 0. The van der Waals surface area contributed by atoms with Gasteiger partial charge in [0.05, 0.1) is 4.88 Å². The Kier molecular flexibility index (Phi) is 3.30. The Morgan fingerprint density at radius 1 is 1.53 bits per heavy atom. The van der Waals surface area contributed by atoms with Crippen molar-refractivity contribution in [2.75, 3.05) is 0 Å². The number of nitrogens with one attached hydrogen (secondary N) is 1. The first-order chi connectivity index (χ1) is 6.91. The van der Waals surface area contributed by atoms with Gasteiger partial charge in [0.25, 0.3) is 5.91 Å². The van der Waals surface area contributed by atoms with Crippen LogP contribution in [0.15, 0.2) is 22.6 Å². The number of carbonyl (C=O) groups excluding carboxylic acids is 1. The van der Waals surface area contributed by atoms with Gasteiger partial charge in [-0.25, -0.2) is 5.43 Å². The van der Waals surface area contributed by atoms with Gasteiger partial charge in [-0.3, -0.25) is 4.79 Å². The number of alkyl halides is 3. The highest BCUT2D eigenvalue weighted by molar-refractivity contribution is 7.12. The maximum atomic E-state index is 11.8. The molecule has 0 aliphatic carbocycles. The molecular formula is C7H6F3N3OS. The Hall–Kier alpha value is -1.57. The number of hydrogen-bond acceptors (Lipinski definition) is 3. The summed E-state index contributed by atoms with van der Waals surface area (Å²) in [5, 5.41) is 4.34. The molecule has 0 unspecified atom stereocenters. The number of amidine groups is 1. The Bertz CT molecular complexity index is 371. The highest BCUT2D eigenvalue weighted by Crippen LogP contribution is 2.14. The number of nitrogens with zero attached hydrogens (tertiary/aromatic N) is 1. The van der Waals surface area contributed by atoms with Crippen LogP contribution in [0.4, 0.5) is 13.2 Å². The predicted molar refractivity (Wildman–Crippen MR) is 49.5 cm³/mol. The third-order valence-electron chi connectivity index (χ3n) is 1.31. The normalized spacial score (nSPS) is 12.6. The van der Waals surface area contributed by atoms with Gasteiger partial charge in [0.15, 0.2) is 0 Å². The number of amides is 1. The molecule has 4 nitrogen and oxygen atoms in total. The van der Waals surface area contributed by atoms with Gasteiger partial charge < -0.3 is 5.73 Å². The number of rotatable bonds is 2. The van der Waals surface area contributed by atoms with Crippen LogP contribution in [0.1, 0.15) is 9.67 Å². The highest BCUT2D eigenvalue weighted by Gasteiger charge is 2.34. The minimum absolute atomic E-state index is 0.258. The molecule has 3 N–H and O–H groups in total. The fraction of sp³-hybridized carbons (Fsp3) is 0.143. The van der Waals surface area contributed by atoms with Gasteiger partial charge in [-0.1, -0.05) is 6.07 Å². The number of halogens is 3. The average molecular weight is 237 g/mol. The summed E-state index contributed by atoms with van der Waals surface area (Å²) in [6.45, 7) is 0. The summed E-state index contributed by atoms with van der Waals surface area (Å²) in [6, 6.07) is 3.05. The van der Waals surface area contributed by atoms with Crippen molar-refractivity contribution in [1.82, 2.24) is 5.43 Å². The Morgan fingerprint density at radius 2 is 2.20 bits per heavy atom. The van der Waals surface area contributed by atoms with E-state index in [0.717, 1.165) is 11.3 Å². The monoisotopic (exact) mass is 237 g/mol. The minimum Gasteiger partial charge on any atom is -0.378 e. The molecule has 82 valence electrons. The molecule has 1 aromatic rings. The summed E-state index contributed by atoms with van der Waals surface area (Å²) in [5.74, 6) is -2.32. The van der Waals surface area contributed by atoms with Crippen LogP contribution in [0.2, 0.25) is 0 Å². The van der Waals surface area contributed by atoms with Crippen molar-refractivity contribution in [2.24, 2.45) is 10.8 Å². The van der Waals surface area contributed by atoms with E-state index in [1.807, 2.05) is 0 Å². The van der Waals surface area contributed by atoms with Crippen LogP contribution >= 0.6 is 11.3 Å². The van der Waals surface area contributed by atoms with E-state index in [-0.39, 0.29) is 4.88 Å². The molecule has 0 aliphatic rings. The molecular weight excluding hydrogens is 231 g/mol. The molecule has 0 bridgehead atoms. The van der Waals surface area contributed by atoms with E-state index >= 15 is 0 Å². The first-order valence-electron chi connectivity index (χ1n) is 3.65. The van der Waals surface area contributed by atoms with Gasteiger partial charge in [-0.15, -0.1) is 16.4 Å². The molecule has 0 atom stereocenters. The Labute approximate surface area is 86.6 Å². The maximum absolute atomic E-state index is 11.8. The lowest BCUT2D eigenvalue weighted by Gasteiger charge is -2.04. The van der Waals surface area contributed by atoms with Crippen LogP contribution in [-0.4, -0.2) is 17.9 Å². The predicted octanol–water partition coefficient (Wildman–Crippen LogP) is 1.31. The molecule has 8 heteroatoms. The molecule has 1 heterocycles. The van der Waals surface area contributed by atoms with E-state index < -0.39 is 17.9 Å². The van der Waals surface area contributed by atoms with Crippen LogP contribution in [-0.2, 0) is 0 Å². The number of thiophene rings is 1. The first-order valence-corrected chi connectivity index (χ1v) is 4.53. The third-order valence-corrected chi connectivity index (χ3v) is 2.18. The van der Waals surface area contributed by atoms with Crippen LogP contribution in [0, 0.1) is 0 Å². The van der Waals surface area contributed by atoms with E-state index in [4.69, 9.17) is 0 Å². The summed E-state index contributed by atoms with van der Waals surface area (Å²) < 4.78 is 35.5. The maximum Gasteiger partial charge on any atom is 0.450 e. The smallest absolute Gasteiger partial charge is 0.378 e. The molecule has 1 amide bonds. The second-order valence-corrected chi connectivity index (χ2v) is 3.36.